The highest BCUT2D eigenvalue weighted by Crippen LogP contribution is 2.32. The van der Waals surface area contributed by atoms with Gasteiger partial charge in [-0.05, 0) is 24.3 Å². The van der Waals surface area contributed by atoms with Crippen molar-refractivity contribution in [1.29, 1.82) is 0 Å². The van der Waals surface area contributed by atoms with Gasteiger partial charge in [0, 0.05) is 11.4 Å². The number of carboxylic acid groups (broad SMARTS) is 1. The molecular formula is C15H13Cl3N4O2. The highest BCUT2D eigenvalue weighted by atomic mass is 35.5. The number of aliphatic carboxylic acids is 1. The Kier molecular flexibility index (Phi) is 6.31. The van der Waals surface area contributed by atoms with Gasteiger partial charge in [0.05, 0.1) is 17.6 Å². The second-order valence-corrected chi connectivity index (χ2v) is 4.75. The maximum atomic E-state index is 11.2. The van der Waals surface area contributed by atoms with E-state index in [0.29, 0.717) is 11.6 Å². The zero-order valence-corrected chi connectivity index (χ0v) is 14.6. The molecule has 0 aliphatic carbocycles. The van der Waals surface area contributed by atoms with E-state index >= 15 is 0 Å². The number of fused-ring (bicyclic) bond motifs is 4. The number of hydrogen-bond donors (Lipinski definition) is 1. The molecule has 1 aromatic heterocycles. The molecule has 0 radical (unpaired) electrons. The highest BCUT2D eigenvalue weighted by molar-refractivity contribution is 6.39. The predicted octanol–water partition coefficient (Wildman–Crippen LogP) is 1.72. The number of anilines is 1. The van der Waals surface area contributed by atoms with Crippen molar-refractivity contribution in [2.45, 2.75) is 0 Å². The van der Waals surface area contributed by atoms with Gasteiger partial charge in [-0.3, -0.25) is 0 Å². The van der Waals surface area contributed by atoms with Gasteiger partial charge in [-0.1, -0.05) is 12.1 Å². The monoisotopic (exact) mass is 386 g/mol. The van der Waals surface area contributed by atoms with E-state index in [1.807, 2.05) is 35.2 Å². The summed E-state index contributed by atoms with van der Waals surface area (Å²) >= 11 is 0. The summed E-state index contributed by atoms with van der Waals surface area (Å²) in [4.78, 5) is 26.2. The Morgan fingerprint density at radius 3 is 2.54 bits per heavy atom. The van der Waals surface area contributed by atoms with Crippen LogP contribution in [0.5, 0.6) is 0 Å². The number of para-hydroxylation sites is 1. The first kappa shape index (κ1) is 19.9. The minimum atomic E-state index is -1.00. The third-order valence-electron chi connectivity index (χ3n) is 3.48. The van der Waals surface area contributed by atoms with Crippen molar-refractivity contribution in [1.82, 2.24) is 4.98 Å². The average Bonchev–Trinajstić information content (AvgIpc) is 2.89. The molecule has 2 aliphatic rings. The maximum absolute atomic E-state index is 11.2. The summed E-state index contributed by atoms with van der Waals surface area (Å²) in [5, 5.41) is 10.8. The van der Waals surface area contributed by atoms with E-state index < -0.39 is 5.97 Å². The van der Waals surface area contributed by atoms with Crippen LogP contribution in [0.15, 0.2) is 52.6 Å². The Morgan fingerprint density at radius 2 is 1.79 bits per heavy atom. The molecule has 0 unspecified atom stereocenters. The fraction of sp³-hybridized carbons (Fsp3) is 0.0667. The molecule has 1 N–H and O–H groups in total. The van der Waals surface area contributed by atoms with Crippen LogP contribution in [-0.2, 0) is 4.79 Å². The molecule has 0 atom stereocenters. The van der Waals surface area contributed by atoms with Gasteiger partial charge in [-0.15, -0.1) is 37.2 Å². The predicted molar refractivity (Wildman–Crippen MR) is 98.7 cm³/mol. The fourth-order valence-electron chi connectivity index (χ4n) is 2.53. The molecule has 2 aliphatic heterocycles. The number of carbonyl (C=O) groups is 1. The van der Waals surface area contributed by atoms with Crippen molar-refractivity contribution in [2.75, 3.05) is 11.4 Å². The molecule has 9 heteroatoms. The van der Waals surface area contributed by atoms with Gasteiger partial charge in [0.25, 0.3) is 0 Å². The number of rotatable bonds is 1. The number of aliphatic imine (C=N–C) groups is 1. The lowest BCUT2D eigenvalue weighted by Crippen LogP contribution is -2.31. The Morgan fingerprint density at radius 1 is 1.04 bits per heavy atom. The van der Waals surface area contributed by atoms with Crippen molar-refractivity contribution >= 4 is 66.2 Å². The van der Waals surface area contributed by atoms with Crippen molar-refractivity contribution < 1.29 is 9.90 Å². The number of carboxylic acids is 1. The second kappa shape index (κ2) is 7.61. The first-order chi connectivity index (χ1) is 10.2. The van der Waals surface area contributed by atoms with Crippen LogP contribution >= 0.6 is 37.2 Å². The molecule has 4 rings (SSSR count). The van der Waals surface area contributed by atoms with Crippen LogP contribution in [0.25, 0.3) is 5.82 Å². The SMILES string of the molecule is Cl.Cl.Cl.O=C(O)C1=NC2=c3ccccc3=Nc3ncccc3N2C1. The lowest BCUT2D eigenvalue weighted by molar-refractivity contribution is -0.129. The summed E-state index contributed by atoms with van der Waals surface area (Å²) in [6.07, 6.45) is 1.67. The minimum Gasteiger partial charge on any atom is -0.477 e. The van der Waals surface area contributed by atoms with Crippen molar-refractivity contribution in [3.05, 3.63) is 53.2 Å². The molecule has 0 saturated heterocycles. The van der Waals surface area contributed by atoms with E-state index in [4.69, 9.17) is 0 Å². The molecule has 0 fully saturated rings. The number of nitrogens with zero attached hydrogens (tertiary/aromatic N) is 4. The standard InChI is InChI=1S/C15H10N4O2.3ClH/c20-15(21)11-8-19-12-6-3-7-16-13(12)17-10-5-2-1-4-9(10)14(19)18-11;;;/h1-7H,8H2,(H,20,21);3*1H. The average molecular weight is 388 g/mol. The van der Waals surface area contributed by atoms with E-state index in [2.05, 4.69) is 15.0 Å². The van der Waals surface area contributed by atoms with Crippen LogP contribution in [0.3, 0.4) is 0 Å². The van der Waals surface area contributed by atoms with Crippen LogP contribution in [0.2, 0.25) is 0 Å². The molecule has 1 aromatic carbocycles. The zero-order chi connectivity index (χ0) is 14.4. The normalized spacial score (nSPS) is 13.4. The summed E-state index contributed by atoms with van der Waals surface area (Å²) in [5.74, 6) is 0.177. The molecule has 24 heavy (non-hydrogen) atoms. The smallest absolute Gasteiger partial charge is 0.352 e. The first-order valence-electron chi connectivity index (χ1n) is 6.45. The van der Waals surface area contributed by atoms with Gasteiger partial charge in [-0.25, -0.2) is 19.8 Å². The fourth-order valence-corrected chi connectivity index (χ4v) is 2.53. The van der Waals surface area contributed by atoms with E-state index in [-0.39, 0.29) is 49.5 Å². The van der Waals surface area contributed by atoms with Crippen LogP contribution < -0.4 is 15.5 Å². The molecule has 0 spiro atoms. The number of halogens is 3. The van der Waals surface area contributed by atoms with E-state index in [1.165, 1.54) is 0 Å². The van der Waals surface area contributed by atoms with Crippen molar-refractivity contribution in [2.24, 2.45) is 9.98 Å². The lowest BCUT2D eigenvalue weighted by Gasteiger charge is -2.18. The van der Waals surface area contributed by atoms with E-state index in [9.17, 15) is 9.90 Å². The van der Waals surface area contributed by atoms with E-state index in [1.54, 1.807) is 12.3 Å². The number of aromatic nitrogens is 1. The van der Waals surface area contributed by atoms with Crippen LogP contribution in [0, 0.1) is 0 Å². The number of pyridine rings is 1. The molecule has 2 aromatic rings. The first-order valence-corrected chi connectivity index (χ1v) is 6.45. The summed E-state index contributed by atoms with van der Waals surface area (Å²) in [7, 11) is 0. The molecule has 0 saturated carbocycles. The number of benzene rings is 1. The minimum absolute atomic E-state index is 0. The molecule has 126 valence electrons. The Bertz CT molecular complexity index is 930. The number of hydrogen-bond acceptors (Lipinski definition) is 5. The quantitative estimate of drug-likeness (QED) is 0.808. The molecule has 0 amide bonds. The zero-order valence-electron chi connectivity index (χ0n) is 12.1. The van der Waals surface area contributed by atoms with Gasteiger partial charge < -0.3 is 10.0 Å². The Labute approximate surface area is 155 Å². The molecular weight excluding hydrogens is 375 g/mol. The summed E-state index contributed by atoms with van der Waals surface area (Å²) in [6.45, 7) is 0.215. The largest absolute Gasteiger partial charge is 0.477 e. The summed E-state index contributed by atoms with van der Waals surface area (Å²) in [5.41, 5.74) is 0.889. The second-order valence-electron chi connectivity index (χ2n) is 4.75. The maximum Gasteiger partial charge on any atom is 0.352 e. The summed E-state index contributed by atoms with van der Waals surface area (Å²) < 4.78 is 0. The Balaban J connectivity index is 0.000000960. The van der Waals surface area contributed by atoms with Crippen molar-refractivity contribution in [3.8, 4) is 0 Å². The van der Waals surface area contributed by atoms with Crippen LogP contribution in [-0.4, -0.2) is 28.3 Å². The highest BCUT2D eigenvalue weighted by Gasteiger charge is 2.29. The van der Waals surface area contributed by atoms with E-state index in [0.717, 1.165) is 16.3 Å². The van der Waals surface area contributed by atoms with Gasteiger partial charge in [0.15, 0.2) is 5.82 Å². The van der Waals surface area contributed by atoms with Gasteiger partial charge in [-0.2, -0.15) is 0 Å². The van der Waals surface area contributed by atoms with Gasteiger partial charge >= 0.3 is 5.97 Å². The molecule has 0 bridgehead atoms. The molecule has 6 nitrogen and oxygen atoms in total. The van der Waals surface area contributed by atoms with Crippen LogP contribution in [0.1, 0.15) is 0 Å². The third-order valence-corrected chi connectivity index (χ3v) is 3.48. The summed E-state index contributed by atoms with van der Waals surface area (Å²) in [6, 6.07) is 11.2. The van der Waals surface area contributed by atoms with Crippen molar-refractivity contribution in [3.63, 3.8) is 0 Å². The topological polar surface area (TPSA) is 78.1 Å². The lowest BCUT2D eigenvalue weighted by atomic mass is 10.2. The molecule has 3 heterocycles. The van der Waals surface area contributed by atoms with Crippen LogP contribution in [0.4, 0.5) is 11.5 Å². The Hall–Kier alpha value is -2.15. The van der Waals surface area contributed by atoms with Gasteiger partial charge in [0.2, 0.25) is 0 Å². The third kappa shape index (κ3) is 3.08. The van der Waals surface area contributed by atoms with Gasteiger partial charge in [0.1, 0.15) is 11.5 Å².